The molecule has 2 unspecified atom stereocenters. The van der Waals surface area contributed by atoms with E-state index in [1.165, 1.54) is 19.4 Å². The van der Waals surface area contributed by atoms with Gasteiger partial charge >= 0.3 is 0 Å². The number of hydrogen-bond donors (Lipinski definition) is 0. The normalized spacial score (nSPS) is 44.6. The minimum Gasteiger partial charge on any atom is -0.298 e. The second-order valence-electron chi connectivity index (χ2n) is 3.10. The molecule has 1 rings (SSSR count). The van der Waals surface area contributed by atoms with Crippen LogP contribution in [0.25, 0.3) is 0 Å². The first-order valence-electron chi connectivity index (χ1n) is 3.40. The quantitative estimate of drug-likeness (QED) is 0.490. The Labute approximate surface area is 51.7 Å². The van der Waals surface area contributed by atoms with Crippen LogP contribution in [0.2, 0.25) is 0 Å². The zero-order valence-corrected chi connectivity index (χ0v) is 6.07. The average Bonchev–Trinajstić information content (AvgIpc) is 2.16. The third kappa shape index (κ3) is 0.873. The second-order valence-corrected chi connectivity index (χ2v) is 3.10. The van der Waals surface area contributed by atoms with Crippen molar-refractivity contribution in [2.75, 3.05) is 13.6 Å². The van der Waals surface area contributed by atoms with Crippen molar-refractivity contribution in [1.82, 2.24) is 4.90 Å². The number of nitrogens with zero attached hydrogens (tertiary/aromatic N) is 1. The maximum Gasteiger partial charge on any atom is 0.0306 e. The molecule has 1 aliphatic rings. The van der Waals surface area contributed by atoms with Gasteiger partial charge in [-0.25, -0.2) is 0 Å². The van der Waals surface area contributed by atoms with Crippen molar-refractivity contribution in [3.8, 4) is 0 Å². The Bertz CT molecular complexity index is 90.4. The minimum absolute atomic E-state index is 0.592. The van der Waals surface area contributed by atoms with Crippen molar-refractivity contribution in [2.24, 2.45) is 0 Å². The molecule has 48 valence electrons. The van der Waals surface area contributed by atoms with Crippen LogP contribution < -0.4 is 0 Å². The molecule has 1 heterocycles. The summed E-state index contributed by atoms with van der Waals surface area (Å²) in [4.78, 5) is 2.40. The molecule has 1 saturated heterocycles. The van der Waals surface area contributed by atoms with E-state index >= 15 is 0 Å². The highest BCUT2D eigenvalue weighted by Gasteiger charge is 2.42. The van der Waals surface area contributed by atoms with Gasteiger partial charge in [0, 0.05) is 12.1 Å². The molecule has 0 bridgehead atoms. The molecule has 2 atom stereocenters. The lowest BCUT2D eigenvalue weighted by Crippen LogP contribution is -2.09. The molecule has 0 N–H and O–H groups in total. The van der Waals surface area contributed by atoms with Crippen LogP contribution in [-0.2, 0) is 0 Å². The largest absolute Gasteiger partial charge is 0.298 e. The first-order valence-corrected chi connectivity index (χ1v) is 3.40. The molecule has 0 aromatic rings. The maximum atomic E-state index is 2.40. The molecule has 1 fully saturated rings. The predicted octanol–water partition coefficient (Wildman–Crippen LogP) is 1.49. The highest BCUT2D eigenvalue weighted by atomic mass is 15.3. The van der Waals surface area contributed by atoms with Crippen molar-refractivity contribution in [1.29, 1.82) is 0 Å². The van der Waals surface area contributed by atoms with Crippen LogP contribution in [0.4, 0.5) is 0 Å². The van der Waals surface area contributed by atoms with Crippen LogP contribution in [0.3, 0.4) is 0 Å². The Hall–Kier alpha value is -0.0400. The van der Waals surface area contributed by atoms with E-state index in [1.54, 1.807) is 0 Å². The van der Waals surface area contributed by atoms with Gasteiger partial charge in [0.15, 0.2) is 0 Å². The van der Waals surface area contributed by atoms with Crippen molar-refractivity contribution in [2.45, 2.75) is 32.2 Å². The molecular formula is C7H15N. The van der Waals surface area contributed by atoms with Crippen LogP contribution in [0.1, 0.15) is 26.7 Å². The van der Waals surface area contributed by atoms with E-state index in [4.69, 9.17) is 0 Å². The molecule has 1 aliphatic heterocycles. The van der Waals surface area contributed by atoms with E-state index in [2.05, 4.69) is 25.8 Å². The molecule has 1 nitrogen and oxygen atoms in total. The summed E-state index contributed by atoms with van der Waals surface area (Å²) in [5.41, 5.74) is 0.592. The van der Waals surface area contributed by atoms with E-state index < -0.39 is 0 Å². The summed E-state index contributed by atoms with van der Waals surface area (Å²) < 4.78 is 0. The van der Waals surface area contributed by atoms with Gasteiger partial charge < -0.3 is 0 Å². The van der Waals surface area contributed by atoms with Gasteiger partial charge in [-0.15, -0.1) is 0 Å². The Balaban J connectivity index is 2.25. The van der Waals surface area contributed by atoms with Gasteiger partial charge in [0.2, 0.25) is 0 Å². The van der Waals surface area contributed by atoms with Gasteiger partial charge in [-0.3, -0.25) is 4.90 Å². The van der Waals surface area contributed by atoms with Crippen molar-refractivity contribution >= 4 is 0 Å². The molecule has 8 heavy (non-hydrogen) atoms. The smallest absolute Gasteiger partial charge is 0.0306 e. The van der Waals surface area contributed by atoms with Crippen molar-refractivity contribution in [3.63, 3.8) is 0 Å². The van der Waals surface area contributed by atoms with E-state index in [0.717, 1.165) is 0 Å². The molecule has 0 saturated carbocycles. The van der Waals surface area contributed by atoms with Crippen LogP contribution >= 0.6 is 0 Å². The standard InChI is InChI=1S/C7H15N/c1-4-5-7(2)6-8(7)3/h4-6H2,1-3H3. The zero-order valence-electron chi connectivity index (χ0n) is 6.07. The summed E-state index contributed by atoms with van der Waals surface area (Å²) >= 11 is 0. The molecule has 0 aliphatic carbocycles. The average molecular weight is 113 g/mol. The molecule has 1 heteroatoms. The summed E-state index contributed by atoms with van der Waals surface area (Å²) in [5, 5.41) is 0. The molecular weight excluding hydrogens is 98.1 g/mol. The minimum atomic E-state index is 0.592. The second kappa shape index (κ2) is 1.73. The highest BCUT2D eigenvalue weighted by molar-refractivity contribution is 5.00. The van der Waals surface area contributed by atoms with Gasteiger partial charge in [0.1, 0.15) is 0 Å². The lowest BCUT2D eigenvalue weighted by Gasteiger charge is -2.04. The Kier molecular flexibility index (Phi) is 1.31. The molecule has 0 spiro atoms. The number of likely N-dealkylation sites (N-methyl/N-ethyl adjacent to an activating group) is 1. The Morgan fingerprint density at radius 1 is 1.62 bits per heavy atom. The monoisotopic (exact) mass is 113 g/mol. The fraction of sp³-hybridized carbons (Fsp3) is 1.00. The van der Waals surface area contributed by atoms with E-state index in [-0.39, 0.29) is 0 Å². The van der Waals surface area contributed by atoms with E-state index in [0.29, 0.717) is 5.54 Å². The van der Waals surface area contributed by atoms with Crippen LogP contribution in [-0.4, -0.2) is 24.0 Å². The SMILES string of the molecule is CCCC1(C)CN1C. The van der Waals surface area contributed by atoms with E-state index in [9.17, 15) is 0 Å². The lowest BCUT2D eigenvalue weighted by atomic mass is 10.1. The number of hydrogen-bond acceptors (Lipinski definition) is 1. The van der Waals surface area contributed by atoms with Crippen molar-refractivity contribution < 1.29 is 0 Å². The first-order chi connectivity index (χ1) is 3.69. The summed E-state index contributed by atoms with van der Waals surface area (Å²) in [5.74, 6) is 0. The van der Waals surface area contributed by atoms with Gasteiger partial charge in [-0.05, 0) is 20.4 Å². The fourth-order valence-electron chi connectivity index (χ4n) is 1.28. The van der Waals surface area contributed by atoms with Gasteiger partial charge in [-0.1, -0.05) is 13.3 Å². The zero-order chi connectivity index (χ0) is 6.20. The molecule has 0 radical (unpaired) electrons. The molecule has 0 amide bonds. The Morgan fingerprint density at radius 2 is 2.12 bits per heavy atom. The van der Waals surface area contributed by atoms with Crippen LogP contribution in [0, 0.1) is 0 Å². The van der Waals surface area contributed by atoms with Crippen molar-refractivity contribution in [3.05, 3.63) is 0 Å². The van der Waals surface area contributed by atoms with E-state index in [1.807, 2.05) is 0 Å². The third-order valence-electron chi connectivity index (χ3n) is 2.18. The number of rotatable bonds is 2. The van der Waals surface area contributed by atoms with Crippen LogP contribution in [0.5, 0.6) is 0 Å². The predicted molar refractivity (Wildman–Crippen MR) is 35.9 cm³/mol. The maximum absolute atomic E-state index is 2.40. The van der Waals surface area contributed by atoms with Gasteiger partial charge in [0.05, 0.1) is 0 Å². The van der Waals surface area contributed by atoms with Gasteiger partial charge in [0.25, 0.3) is 0 Å². The third-order valence-corrected chi connectivity index (χ3v) is 2.18. The van der Waals surface area contributed by atoms with Gasteiger partial charge in [-0.2, -0.15) is 0 Å². The highest BCUT2D eigenvalue weighted by Crippen LogP contribution is 2.33. The Morgan fingerprint density at radius 3 is 2.25 bits per heavy atom. The topological polar surface area (TPSA) is 3.01 Å². The fourth-order valence-corrected chi connectivity index (χ4v) is 1.28. The first kappa shape index (κ1) is 6.09. The summed E-state index contributed by atoms with van der Waals surface area (Å²) in [7, 11) is 2.19. The summed E-state index contributed by atoms with van der Waals surface area (Å²) in [6, 6.07) is 0. The molecule has 0 aromatic carbocycles. The lowest BCUT2D eigenvalue weighted by molar-refractivity contribution is 0.462. The van der Waals surface area contributed by atoms with Crippen LogP contribution in [0.15, 0.2) is 0 Å². The molecule has 0 aromatic heterocycles. The summed E-state index contributed by atoms with van der Waals surface area (Å²) in [6.45, 7) is 5.88. The summed E-state index contributed by atoms with van der Waals surface area (Å²) in [6.07, 6.45) is 2.68.